The second-order valence-corrected chi connectivity index (χ2v) is 2.32. The molecule has 1 heterocycles. The minimum absolute atomic E-state index is 0.218. The molecule has 66 valence electrons. The summed E-state index contributed by atoms with van der Waals surface area (Å²) >= 11 is 0. The Labute approximate surface area is 69.8 Å². The van der Waals surface area contributed by atoms with Gasteiger partial charge in [0.15, 0.2) is 0 Å². The Balaban J connectivity index is 2.69. The molecule has 1 rings (SSSR count). The number of halogens is 1. The summed E-state index contributed by atoms with van der Waals surface area (Å²) in [7, 11) is 0. The SMILES string of the molecule is CC(=O)Oc1cccn1CCF. The molecule has 12 heavy (non-hydrogen) atoms. The van der Waals surface area contributed by atoms with Gasteiger partial charge in [-0.15, -0.1) is 0 Å². The number of nitrogens with zero attached hydrogens (tertiary/aromatic N) is 1. The molecule has 0 spiro atoms. The van der Waals surface area contributed by atoms with Crippen molar-refractivity contribution in [2.75, 3.05) is 6.67 Å². The standard InChI is InChI=1S/C8H10FNO2/c1-7(11)12-8-3-2-5-10(8)6-4-9/h2-3,5H,4,6H2,1H3. The molecule has 0 aromatic carbocycles. The molecule has 1 aromatic heterocycles. The van der Waals surface area contributed by atoms with Crippen molar-refractivity contribution in [2.24, 2.45) is 0 Å². The molecule has 0 aliphatic heterocycles. The van der Waals surface area contributed by atoms with Gasteiger partial charge in [0, 0.05) is 19.2 Å². The third kappa shape index (κ3) is 2.08. The van der Waals surface area contributed by atoms with Crippen LogP contribution in [0.1, 0.15) is 6.92 Å². The number of aryl methyl sites for hydroxylation is 1. The molecule has 0 aliphatic rings. The molecule has 0 saturated heterocycles. The van der Waals surface area contributed by atoms with Crippen molar-refractivity contribution >= 4 is 5.97 Å². The van der Waals surface area contributed by atoms with E-state index in [1.54, 1.807) is 22.9 Å². The van der Waals surface area contributed by atoms with Crippen molar-refractivity contribution in [3.63, 3.8) is 0 Å². The van der Waals surface area contributed by atoms with Crippen molar-refractivity contribution in [2.45, 2.75) is 13.5 Å². The number of carbonyl (C=O) groups is 1. The molecule has 4 heteroatoms. The van der Waals surface area contributed by atoms with Crippen molar-refractivity contribution < 1.29 is 13.9 Å². The first kappa shape index (κ1) is 8.77. The number of rotatable bonds is 3. The quantitative estimate of drug-likeness (QED) is 0.643. The maximum Gasteiger partial charge on any atom is 0.309 e. The van der Waals surface area contributed by atoms with E-state index in [2.05, 4.69) is 0 Å². The van der Waals surface area contributed by atoms with E-state index in [4.69, 9.17) is 4.74 Å². The molecule has 0 amide bonds. The van der Waals surface area contributed by atoms with Crippen molar-refractivity contribution in [3.05, 3.63) is 18.3 Å². The highest BCUT2D eigenvalue weighted by Gasteiger charge is 2.03. The van der Waals surface area contributed by atoms with Gasteiger partial charge in [0.25, 0.3) is 0 Å². The normalized spacial score (nSPS) is 9.83. The number of aromatic nitrogens is 1. The molecule has 0 radical (unpaired) electrons. The van der Waals surface area contributed by atoms with Gasteiger partial charge in [0.1, 0.15) is 6.67 Å². The van der Waals surface area contributed by atoms with Crippen LogP contribution in [0.2, 0.25) is 0 Å². The minimum atomic E-state index is -0.469. The zero-order valence-electron chi connectivity index (χ0n) is 6.79. The number of hydrogen-bond acceptors (Lipinski definition) is 2. The van der Waals surface area contributed by atoms with Crippen LogP contribution in [0.3, 0.4) is 0 Å². The molecule has 0 fully saturated rings. The summed E-state index contributed by atoms with van der Waals surface area (Å²) in [5, 5.41) is 0. The predicted molar refractivity (Wildman–Crippen MR) is 41.7 cm³/mol. The van der Waals surface area contributed by atoms with E-state index in [1.807, 2.05) is 0 Å². The third-order valence-corrected chi connectivity index (χ3v) is 1.36. The summed E-state index contributed by atoms with van der Waals surface area (Å²) in [6.45, 7) is 1.06. The minimum Gasteiger partial charge on any atom is -0.409 e. The Hall–Kier alpha value is -1.32. The Morgan fingerprint density at radius 2 is 2.50 bits per heavy atom. The fourth-order valence-corrected chi connectivity index (χ4v) is 0.914. The van der Waals surface area contributed by atoms with Crippen LogP contribution in [0.4, 0.5) is 4.39 Å². The molecule has 3 nitrogen and oxygen atoms in total. The average molecular weight is 171 g/mol. The van der Waals surface area contributed by atoms with E-state index in [-0.39, 0.29) is 6.54 Å². The molecular formula is C8H10FNO2. The number of esters is 1. The Bertz CT molecular complexity index is 270. The van der Waals surface area contributed by atoms with Gasteiger partial charge in [-0.05, 0) is 6.07 Å². The van der Waals surface area contributed by atoms with E-state index >= 15 is 0 Å². The van der Waals surface area contributed by atoms with Gasteiger partial charge in [-0.3, -0.25) is 4.79 Å². The lowest BCUT2D eigenvalue weighted by molar-refractivity contribution is -0.132. The van der Waals surface area contributed by atoms with Gasteiger partial charge in [0.05, 0.1) is 6.54 Å². The summed E-state index contributed by atoms with van der Waals surface area (Å²) in [4.78, 5) is 10.5. The van der Waals surface area contributed by atoms with E-state index in [1.165, 1.54) is 6.92 Å². The first-order valence-electron chi connectivity index (χ1n) is 3.63. The second kappa shape index (κ2) is 3.90. The van der Waals surface area contributed by atoms with Gasteiger partial charge in [0.2, 0.25) is 5.88 Å². The lowest BCUT2D eigenvalue weighted by atomic mass is 10.6. The fraction of sp³-hybridized carbons (Fsp3) is 0.375. The summed E-state index contributed by atoms with van der Waals surface area (Å²) < 4.78 is 18.3. The van der Waals surface area contributed by atoms with Crippen LogP contribution in [0.25, 0.3) is 0 Å². The highest BCUT2D eigenvalue weighted by Crippen LogP contribution is 2.11. The van der Waals surface area contributed by atoms with Crippen molar-refractivity contribution in [3.8, 4) is 5.88 Å². The van der Waals surface area contributed by atoms with Crippen LogP contribution in [-0.2, 0) is 11.3 Å². The van der Waals surface area contributed by atoms with Crippen LogP contribution in [0.15, 0.2) is 18.3 Å². The zero-order chi connectivity index (χ0) is 8.97. The maximum atomic E-state index is 11.9. The number of ether oxygens (including phenoxy) is 1. The lowest BCUT2D eigenvalue weighted by Gasteiger charge is -2.04. The fourth-order valence-electron chi connectivity index (χ4n) is 0.914. The molecule has 0 N–H and O–H groups in total. The molecule has 0 unspecified atom stereocenters. The topological polar surface area (TPSA) is 31.2 Å². The Kier molecular flexibility index (Phi) is 2.85. The van der Waals surface area contributed by atoms with E-state index in [0.29, 0.717) is 5.88 Å². The van der Waals surface area contributed by atoms with Crippen molar-refractivity contribution in [1.29, 1.82) is 0 Å². The summed E-state index contributed by atoms with van der Waals surface area (Å²) in [5.74, 6) is -0.00559. The van der Waals surface area contributed by atoms with E-state index < -0.39 is 12.6 Å². The van der Waals surface area contributed by atoms with Crippen LogP contribution in [0.5, 0.6) is 5.88 Å². The Morgan fingerprint density at radius 3 is 3.08 bits per heavy atom. The molecule has 0 atom stereocenters. The molecule has 0 saturated carbocycles. The Morgan fingerprint density at radius 1 is 1.75 bits per heavy atom. The van der Waals surface area contributed by atoms with Crippen LogP contribution < -0.4 is 4.74 Å². The first-order valence-corrected chi connectivity index (χ1v) is 3.63. The van der Waals surface area contributed by atoms with E-state index in [9.17, 15) is 9.18 Å². The van der Waals surface area contributed by atoms with Crippen molar-refractivity contribution in [1.82, 2.24) is 4.57 Å². The monoisotopic (exact) mass is 171 g/mol. The molecule has 0 bridgehead atoms. The lowest BCUT2D eigenvalue weighted by Crippen LogP contribution is -2.07. The highest BCUT2D eigenvalue weighted by atomic mass is 19.1. The largest absolute Gasteiger partial charge is 0.409 e. The number of hydrogen-bond donors (Lipinski definition) is 0. The average Bonchev–Trinajstić information content (AvgIpc) is 2.37. The molecule has 1 aromatic rings. The first-order chi connectivity index (χ1) is 5.74. The van der Waals surface area contributed by atoms with Gasteiger partial charge in [-0.25, -0.2) is 4.39 Å². The van der Waals surface area contributed by atoms with Gasteiger partial charge in [-0.2, -0.15) is 0 Å². The second-order valence-electron chi connectivity index (χ2n) is 2.32. The summed E-state index contributed by atoms with van der Waals surface area (Å²) in [6.07, 6.45) is 1.66. The number of carbonyl (C=O) groups excluding carboxylic acids is 1. The van der Waals surface area contributed by atoms with Gasteiger partial charge in [-0.1, -0.05) is 0 Å². The predicted octanol–water partition coefficient (Wildman–Crippen LogP) is 1.38. The van der Waals surface area contributed by atoms with Crippen LogP contribution in [0, 0.1) is 0 Å². The number of alkyl halides is 1. The van der Waals surface area contributed by atoms with E-state index in [0.717, 1.165) is 0 Å². The molecular weight excluding hydrogens is 161 g/mol. The van der Waals surface area contributed by atoms with Crippen LogP contribution >= 0.6 is 0 Å². The van der Waals surface area contributed by atoms with Gasteiger partial charge < -0.3 is 9.30 Å². The molecule has 0 aliphatic carbocycles. The third-order valence-electron chi connectivity index (χ3n) is 1.36. The summed E-state index contributed by atoms with van der Waals surface area (Å²) in [5.41, 5.74) is 0. The smallest absolute Gasteiger partial charge is 0.309 e. The highest BCUT2D eigenvalue weighted by molar-refractivity contribution is 5.68. The maximum absolute atomic E-state index is 11.9. The summed E-state index contributed by atoms with van der Waals surface area (Å²) in [6, 6.07) is 3.32. The van der Waals surface area contributed by atoms with Crippen LogP contribution in [-0.4, -0.2) is 17.2 Å². The zero-order valence-corrected chi connectivity index (χ0v) is 6.79. The van der Waals surface area contributed by atoms with Gasteiger partial charge >= 0.3 is 5.97 Å².